The highest BCUT2D eigenvalue weighted by molar-refractivity contribution is 8.01. The summed E-state index contributed by atoms with van der Waals surface area (Å²) >= 11 is 2.04. The van der Waals surface area contributed by atoms with Crippen molar-refractivity contribution in [2.24, 2.45) is 5.73 Å². The lowest BCUT2D eigenvalue weighted by atomic mass is 10.2. The fourth-order valence-electron chi connectivity index (χ4n) is 1.64. The van der Waals surface area contributed by atoms with Crippen molar-refractivity contribution >= 4 is 45.7 Å². The van der Waals surface area contributed by atoms with Crippen molar-refractivity contribution in [1.29, 1.82) is 0 Å². The first-order chi connectivity index (χ1) is 11.8. The van der Waals surface area contributed by atoms with Gasteiger partial charge in [0.1, 0.15) is 0 Å². The maximum atomic E-state index is 12.9. The predicted molar refractivity (Wildman–Crippen MR) is 87.6 cm³/mol. The van der Waals surface area contributed by atoms with Crippen LogP contribution in [-0.2, 0) is 15.8 Å². The van der Waals surface area contributed by atoms with Gasteiger partial charge in [-0.3, -0.25) is 9.59 Å². The van der Waals surface area contributed by atoms with Crippen LogP contribution in [0.1, 0.15) is 5.56 Å². The first-order valence-corrected chi connectivity index (χ1v) is 8.50. The van der Waals surface area contributed by atoms with Crippen LogP contribution in [0.25, 0.3) is 0 Å². The number of primary amides is 1. The minimum Gasteiger partial charge on any atom is -0.368 e. The van der Waals surface area contributed by atoms with Crippen LogP contribution in [0, 0.1) is 0 Å². The maximum Gasteiger partial charge on any atom is 0.418 e. The molecule has 2 amide bonds. The van der Waals surface area contributed by atoms with Crippen molar-refractivity contribution in [1.82, 2.24) is 15.5 Å². The summed E-state index contributed by atoms with van der Waals surface area (Å²) in [5, 5.41) is 12.6. The molecule has 0 spiro atoms. The number of carbonyl (C=O) groups is 2. The highest BCUT2D eigenvalue weighted by Crippen LogP contribution is 2.36. The van der Waals surface area contributed by atoms with Gasteiger partial charge in [0.15, 0.2) is 4.34 Å². The Morgan fingerprint density at radius 2 is 1.96 bits per heavy atom. The molecule has 2 rings (SSSR count). The normalized spacial score (nSPS) is 11.2. The molecule has 25 heavy (non-hydrogen) atoms. The third-order valence-electron chi connectivity index (χ3n) is 2.67. The SMILES string of the molecule is NC(=O)CNC(=O)CSc1nnc(Nc2ccccc2C(F)(F)F)s1. The van der Waals surface area contributed by atoms with Gasteiger partial charge in [0, 0.05) is 0 Å². The van der Waals surface area contributed by atoms with Crippen LogP contribution >= 0.6 is 23.1 Å². The zero-order valence-corrected chi connectivity index (χ0v) is 14.1. The number of hydrogen-bond acceptors (Lipinski definition) is 7. The molecule has 0 radical (unpaired) electrons. The number of carbonyl (C=O) groups excluding carboxylic acids is 2. The van der Waals surface area contributed by atoms with Crippen LogP contribution in [-0.4, -0.2) is 34.3 Å². The molecule has 0 aliphatic rings. The van der Waals surface area contributed by atoms with E-state index in [9.17, 15) is 22.8 Å². The molecule has 0 unspecified atom stereocenters. The molecule has 1 aromatic heterocycles. The van der Waals surface area contributed by atoms with Gasteiger partial charge < -0.3 is 16.4 Å². The van der Waals surface area contributed by atoms with Gasteiger partial charge in [-0.25, -0.2) is 0 Å². The second-order valence-corrected chi connectivity index (χ2v) is 6.77. The number of rotatable bonds is 7. The molecule has 134 valence electrons. The van der Waals surface area contributed by atoms with Crippen molar-refractivity contribution < 1.29 is 22.8 Å². The molecule has 0 saturated carbocycles. The number of nitrogens with one attached hydrogen (secondary N) is 2. The Morgan fingerprint density at radius 1 is 1.24 bits per heavy atom. The van der Waals surface area contributed by atoms with Crippen molar-refractivity contribution in [3.05, 3.63) is 29.8 Å². The van der Waals surface area contributed by atoms with Gasteiger partial charge in [0.2, 0.25) is 16.9 Å². The molecular weight excluding hydrogens is 379 g/mol. The summed E-state index contributed by atoms with van der Waals surface area (Å²) in [5.74, 6) is -1.11. The number of halogens is 3. The van der Waals surface area contributed by atoms with Gasteiger partial charge >= 0.3 is 6.18 Å². The molecule has 0 bridgehead atoms. The topological polar surface area (TPSA) is 110 Å². The largest absolute Gasteiger partial charge is 0.418 e. The summed E-state index contributed by atoms with van der Waals surface area (Å²) in [6, 6.07) is 5.01. The molecule has 0 fully saturated rings. The van der Waals surface area contributed by atoms with Crippen LogP contribution in [0.15, 0.2) is 28.6 Å². The second kappa shape index (κ2) is 8.16. The highest BCUT2D eigenvalue weighted by Gasteiger charge is 2.33. The maximum absolute atomic E-state index is 12.9. The van der Waals surface area contributed by atoms with Crippen LogP contribution in [0.5, 0.6) is 0 Å². The van der Waals surface area contributed by atoms with Crippen LogP contribution in [0.2, 0.25) is 0 Å². The summed E-state index contributed by atoms with van der Waals surface area (Å²) in [5.41, 5.74) is 3.95. The highest BCUT2D eigenvalue weighted by atomic mass is 32.2. The van der Waals surface area contributed by atoms with Gasteiger partial charge in [0.05, 0.1) is 23.5 Å². The van der Waals surface area contributed by atoms with Gasteiger partial charge in [-0.2, -0.15) is 13.2 Å². The Hall–Kier alpha value is -2.34. The fourth-order valence-corrected chi connectivity index (χ4v) is 3.23. The second-order valence-electron chi connectivity index (χ2n) is 4.57. The van der Waals surface area contributed by atoms with Crippen molar-refractivity contribution in [3.63, 3.8) is 0 Å². The number of nitrogens with zero attached hydrogens (tertiary/aromatic N) is 2. The molecule has 0 aliphatic heterocycles. The van der Waals surface area contributed by atoms with E-state index in [0.29, 0.717) is 4.34 Å². The minimum absolute atomic E-state index is 0.0267. The van der Waals surface area contributed by atoms with E-state index in [0.717, 1.165) is 29.2 Å². The number of benzene rings is 1. The van der Waals surface area contributed by atoms with Crippen LogP contribution in [0.3, 0.4) is 0 Å². The van der Waals surface area contributed by atoms with Crippen LogP contribution in [0.4, 0.5) is 24.0 Å². The van der Waals surface area contributed by atoms with Crippen molar-refractivity contribution in [3.8, 4) is 0 Å². The first kappa shape index (κ1) is 19.0. The summed E-state index contributed by atoms with van der Waals surface area (Å²) in [7, 11) is 0. The molecule has 1 heterocycles. The molecule has 0 aliphatic carbocycles. The average molecular weight is 391 g/mol. The Morgan fingerprint density at radius 3 is 2.64 bits per heavy atom. The Kier molecular flexibility index (Phi) is 6.20. The third-order valence-corrected chi connectivity index (χ3v) is 4.64. The van der Waals surface area contributed by atoms with E-state index in [4.69, 9.17) is 5.73 Å². The lowest BCUT2D eigenvalue weighted by Crippen LogP contribution is -2.34. The molecule has 4 N–H and O–H groups in total. The number of amides is 2. The zero-order chi connectivity index (χ0) is 18.4. The third kappa shape index (κ3) is 5.90. The van der Waals surface area contributed by atoms with E-state index in [2.05, 4.69) is 20.8 Å². The van der Waals surface area contributed by atoms with E-state index in [-0.39, 0.29) is 23.1 Å². The molecular formula is C13H12F3N5O2S2. The average Bonchev–Trinajstić information content (AvgIpc) is 2.98. The lowest BCUT2D eigenvalue weighted by molar-refractivity contribution is -0.137. The summed E-state index contributed by atoms with van der Waals surface area (Å²) in [6.45, 7) is -0.267. The first-order valence-electron chi connectivity index (χ1n) is 6.70. The van der Waals surface area contributed by atoms with E-state index in [1.807, 2.05) is 0 Å². The zero-order valence-electron chi connectivity index (χ0n) is 12.5. The molecule has 0 saturated heterocycles. The number of aromatic nitrogens is 2. The van der Waals surface area contributed by atoms with Gasteiger partial charge in [0.25, 0.3) is 0 Å². The molecule has 7 nitrogen and oxygen atoms in total. The summed E-state index contributed by atoms with van der Waals surface area (Å²) < 4.78 is 39.2. The Balaban J connectivity index is 1.96. The van der Waals surface area contributed by atoms with E-state index >= 15 is 0 Å². The number of nitrogens with two attached hydrogens (primary N) is 1. The number of para-hydroxylation sites is 1. The van der Waals surface area contributed by atoms with Gasteiger partial charge in [-0.05, 0) is 12.1 Å². The predicted octanol–water partition coefficient (Wildman–Crippen LogP) is 1.99. The number of thioether (sulfide) groups is 1. The Labute approximate surface area is 148 Å². The van der Waals surface area contributed by atoms with Crippen molar-refractivity contribution in [2.45, 2.75) is 10.5 Å². The van der Waals surface area contributed by atoms with Gasteiger partial charge in [-0.1, -0.05) is 35.2 Å². The molecule has 1 aromatic carbocycles. The van der Waals surface area contributed by atoms with Crippen molar-refractivity contribution in [2.75, 3.05) is 17.6 Å². The summed E-state index contributed by atoms with van der Waals surface area (Å²) in [6.07, 6.45) is -4.50. The van der Waals surface area contributed by atoms with E-state index in [1.165, 1.54) is 18.2 Å². The van der Waals surface area contributed by atoms with E-state index in [1.54, 1.807) is 0 Å². The minimum atomic E-state index is -4.50. The molecule has 12 heteroatoms. The van der Waals surface area contributed by atoms with Crippen LogP contribution < -0.4 is 16.4 Å². The number of anilines is 2. The van der Waals surface area contributed by atoms with Gasteiger partial charge in [-0.15, -0.1) is 10.2 Å². The monoisotopic (exact) mass is 391 g/mol. The summed E-state index contributed by atoms with van der Waals surface area (Å²) in [4.78, 5) is 22.0. The molecule has 0 atom stereocenters. The smallest absolute Gasteiger partial charge is 0.368 e. The Bertz CT molecular complexity index is 766. The lowest BCUT2D eigenvalue weighted by Gasteiger charge is -2.12. The quantitative estimate of drug-likeness (QED) is 0.623. The fraction of sp³-hybridized carbons (Fsp3) is 0.231. The number of hydrogen-bond donors (Lipinski definition) is 3. The van der Waals surface area contributed by atoms with E-state index < -0.39 is 23.6 Å². The standard InChI is InChI=1S/C13H12F3N5O2S2/c14-13(15,16)7-3-1-2-4-8(7)19-11-20-21-12(25-11)24-6-10(23)18-5-9(17)22/h1-4H,5-6H2,(H2,17,22)(H,18,23)(H,19,20). The number of alkyl halides is 3. The molecule has 2 aromatic rings.